The van der Waals surface area contributed by atoms with Gasteiger partial charge in [0.25, 0.3) is 0 Å². The fourth-order valence-electron chi connectivity index (χ4n) is 3.84. The average Bonchev–Trinajstić information content (AvgIpc) is 2.89. The van der Waals surface area contributed by atoms with Crippen molar-refractivity contribution in [3.8, 4) is 0 Å². The number of Topliss-reactive ketones (excluding diaryl/α,β-unsaturated/α-hetero) is 1. The van der Waals surface area contributed by atoms with E-state index in [4.69, 9.17) is 0 Å². The van der Waals surface area contributed by atoms with Gasteiger partial charge in [-0.2, -0.15) is 0 Å². The Morgan fingerprint density at radius 1 is 1.21 bits per heavy atom. The van der Waals surface area contributed by atoms with Crippen molar-refractivity contribution in [2.24, 2.45) is 0 Å². The van der Waals surface area contributed by atoms with Crippen LogP contribution in [0.2, 0.25) is 0 Å². The molecule has 0 saturated heterocycles. The van der Waals surface area contributed by atoms with Crippen molar-refractivity contribution in [2.75, 3.05) is 11.9 Å². The number of para-hydroxylation sites is 1. The maximum Gasteiger partial charge on any atom is 0.183 e. The molecule has 1 heterocycles. The summed E-state index contributed by atoms with van der Waals surface area (Å²) in [7, 11) is 0. The molecule has 1 fully saturated rings. The molecule has 1 aliphatic rings. The largest absolute Gasteiger partial charge is 0.375 e. The van der Waals surface area contributed by atoms with Crippen LogP contribution in [0.15, 0.2) is 30.3 Å². The Hall–Kier alpha value is -2.10. The van der Waals surface area contributed by atoms with Crippen LogP contribution < -0.4 is 5.32 Å². The first-order valence-corrected chi connectivity index (χ1v) is 8.78. The summed E-state index contributed by atoms with van der Waals surface area (Å²) >= 11 is 0. The average molecular weight is 328 g/mol. The van der Waals surface area contributed by atoms with Gasteiger partial charge in [0.1, 0.15) is 5.82 Å². The number of rotatable bonds is 5. The first-order chi connectivity index (χ1) is 11.6. The highest BCUT2D eigenvalue weighted by Crippen LogP contribution is 2.32. The lowest BCUT2D eigenvalue weighted by Crippen LogP contribution is -2.18. The van der Waals surface area contributed by atoms with Gasteiger partial charge in [0, 0.05) is 23.0 Å². The molecule has 0 amide bonds. The van der Waals surface area contributed by atoms with Crippen molar-refractivity contribution in [2.45, 2.75) is 52.0 Å². The van der Waals surface area contributed by atoms with Gasteiger partial charge in [-0.15, -0.1) is 0 Å². The molecule has 3 nitrogen and oxygen atoms in total. The Morgan fingerprint density at radius 3 is 2.62 bits per heavy atom. The van der Waals surface area contributed by atoms with E-state index >= 15 is 0 Å². The van der Waals surface area contributed by atoms with Crippen molar-refractivity contribution < 1.29 is 9.18 Å². The number of benzene rings is 1. The number of carbonyl (C=O) groups is 1. The summed E-state index contributed by atoms with van der Waals surface area (Å²) in [6, 6.07) is 8.93. The highest BCUT2D eigenvalue weighted by Gasteiger charge is 2.22. The fraction of sp³-hybridized carbons (Fsp3) is 0.450. The monoisotopic (exact) mass is 328 g/mol. The van der Waals surface area contributed by atoms with Gasteiger partial charge in [-0.25, -0.2) is 4.39 Å². The minimum absolute atomic E-state index is 0.00779. The van der Waals surface area contributed by atoms with Crippen molar-refractivity contribution in [1.82, 2.24) is 4.57 Å². The summed E-state index contributed by atoms with van der Waals surface area (Å²) in [5.74, 6) is -0.327. The van der Waals surface area contributed by atoms with Gasteiger partial charge >= 0.3 is 0 Å². The lowest BCUT2D eigenvalue weighted by molar-refractivity contribution is 0.100. The second-order valence-electron chi connectivity index (χ2n) is 6.70. The normalized spacial score (nSPS) is 15.5. The lowest BCUT2D eigenvalue weighted by atomic mass is 9.95. The molecule has 4 heteroatoms. The molecule has 1 aliphatic carbocycles. The van der Waals surface area contributed by atoms with Crippen LogP contribution in [-0.2, 0) is 0 Å². The number of halogens is 1. The third kappa shape index (κ3) is 3.37. The molecule has 0 aliphatic heterocycles. The number of nitrogens with one attached hydrogen (secondary N) is 1. The smallest absolute Gasteiger partial charge is 0.183 e. The topological polar surface area (TPSA) is 34.0 Å². The number of hydrogen-bond donors (Lipinski definition) is 1. The number of hydrogen-bond acceptors (Lipinski definition) is 2. The van der Waals surface area contributed by atoms with Gasteiger partial charge in [-0.3, -0.25) is 4.79 Å². The van der Waals surface area contributed by atoms with Crippen LogP contribution in [-0.4, -0.2) is 16.9 Å². The Bertz CT molecular complexity index is 729. The standard InChI is InChI=1S/C20H25FN2O/c1-14-12-17(15(2)23(14)16-8-4-3-5-9-16)20(24)13-22-19-11-7-6-10-18(19)21/h6-7,10-12,16,22H,3-5,8-9,13H2,1-2H3. The first-order valence-electron chi connectivity index (χ1n) is 8.78. The predicted octanol–water partition coefficient (Wildman–Crippen LogP) is 5.04. The highest BCUT2D eigenvalue weighted by atomic mass is 19.1. The molecule has 0 radical (unpaired) electrons. The summed E-state index contributed by atoms with van der Waals surface area (Å²) in [5, 5.41) is 2.91. The van der Waals surface area contributed by atoms with E-state index in [1.54, 1.807) is 18.2 Å². The number of nitrogens with zero attached hydrogens (tertiary/aromatic N) is 1. The van der Waals surface area contributed by atoms with Crippen molar-refractivity contribution in [1.29, 1.82) is 0 Å². The van der Waals surface area contributed by atoms with E-state index < -0.39 is 0 Å². The van der Waals surface area contributed by atoms with Crippen LogP contribution in [0.3, 0.4) is 0 Å². The van der Waals surface area contributed by atoms with Crippen molar-refractivity contribution in [3.05, 3.63) is 53.1 Å². The van der Waals surface area contributed by atoms with E-state index in [2.05, 4.69) is 16.8 Å². The van der Waals surface area contributed by atoms with Gasteiger partial charge in [-0.05, 0) is 44.9 Å². The molecule has 24 heavy (non-hydrogen) atoms. The molecule has 0 bridgehead atoms. The molecule has 1 aromatic carbocycles. The van der Waals surface area contributed by atoms with Gasteiger partial charge < -0.3 is 9.88 Å². The second kappa shape index (κ2) is 7.20. The van der Waals surface area contributed by atoms with Gasteiger partial charge in [0.15, 0.2) is 5.78 Å². The number of aryl methyl sites for hydroxylation is 1. The SMILES string of the molecule is Cc1cc(C(=O)CNc2ccccc2F)c(C)n1C1CCCCC1. The summed E-state index contributed by atoms with van der Waals surface area (Å²) in [6.45, 7) is 4.20. The van der Waals surface area contributed by atoms with E-state index in [1.165, 1.54) is 38.2 Å². The number of ketones is 1. The molecule has 0 unspecified atom stereocenters. The minimum atomic E-state index is -0.335. The van der Waals surface area contributed by atoms with Gasteiger partial charge in [0.2, 0.25) is 0 Å². The predicted molar refractivity (Wildman–Crippen MR) is 95.2 cm³/mol. The Kier molecular flexibility index (Phi) is 5.03. The Morgan fingerprint density at radius 2 is 1.92 bits per heavy atom. The van der Waals surface area contributed by atoms with Crippen LogP contribution in [0.1, 0.15) is 59.9 Å². The van der Waals surface area contributed by atoms with Crippen LogP contribution in [0.5, 0.6) is 0 Å². The Labute approximate surface area is 142 Å². The minimum Gasteiger partial charge on any atom is -0.375 e. The molecule has 1 N–H and O–H groups in total. The summed E-state index contributed by atoms with van der Waals surface area (Å²) in [5.41, 5.74) is 3.31. The molecule has 2 aromatic rings. The van der Waals surface area contributed by atoms with Crippen LogP contribution >= 0.6 is 0 Å². The third-order valence-electron chi connectivity index (χ3n) is 5.04. The zero-order valence-corrected chi connectivity index (χ0v) is 14.4. The number of carbonyl (C=O) groups excluding carboxylic acids is 1. The molecule has 128 valence electrons. The zero-order chi connectivity index (χ0) is 17.1. The zero-order valence-electron chi connectivity index (χ0n) is 14.4. The van der Waals surface area contributed by atoms with Crippen molar-refractivity contribution >= 4 is 11.5 Å². The van der Waals surface area contributed by atoms with E-state index in [1.807, 2.05) is 13.0 Å². The lowest BCUT2D eigenvalue weighted by Gasteiger charge is -2.26. The number of aromatic nitrogens is 1. The molecular formula is C20H25FN2O. The molecule has 3 rings (SSSR count). The molecular weight excluding hydrogens is 303 g/mol. The van der Waals surface area contributed by atoms with Crippen LogP contribution in [0.25, 0.3) is 0 Å². The Balaban J connectivity index is 1.74. The second-order valence-corrected chi connectivity index (χ2v) is 6.70. The molecule has 0 atom stereocenters. The van der Waals surface area contributed by atoms with Crippen LogP contribution in [0.4, 0.5) is 10.1 Å². The van der Waals surface area contributed by atoms with E-state index in [0.717, 1.165) is 17.0 Å². The highest BCUT2D eigenvalue weighted by molar-refractivity contribution is 6.00. The summed E-state index contributed by atoms with van der Waals surface area (Å²) < 4.78 is 16.0. The number of anilines is 1. The van der Waals surface area contributed by atoms with E-state index in [9.17, 15) is 9.18 Å². The summed E-state index contributed by atoms with van der Waals surface area (Å²) in [4.78, 5) is 12.6. The van der Waals surface area contributed by atoms with E-state index in [0.29, 0.717) is 11.7 Å². The summed E-state index contributed by atoms with van der Waals surface area (Å²) in [6.07, 6.45) is 6.23. The molecule has 1 aromatic heterocycles. The van der Waals surface area contributed by atoms with Gasteiger partial charge in [-0.1, -0.05) is 31.4 Å². The van der Waals surface area contributed by atoms with Gasteiger partial charge in [0.05, 0.1) is 12.2 Å². The fourth-order valence-corrected chi connectivity index (χ4v) is 3.84. The maximum atomic E-state index is 13.7. The van der Waals surface area contributed by atoms with E-state index in [-0.39, 0.29) is 18.1 Å². The first kappa shape index (κ1) is 16.7. The van der Waals surface area contributed by atoms with Crippen LogP contribution in [0, 0.1) is 19.7 Å². The third-order valence-corrected chi connectivity index (χ3v) is 5.04. The maximum absolute atomic E-state index is 13.7. The molecule has 1 saturated carbocycles. The molecule has 0 spiro atoms. The van der Waals surface area contributed by atoms with Crippen molar-refractivity contribution in [3.63, 3.8) is 0 Å². The quantitative estimate of drug-likeness (QED) is 0.780.